The molecule has 2 bridgehead atoms. The second-order valence-corrected chi connectivity index (χ2v) is 7.48. The van der Waals surface area contributed by atoms with E-state index in [4.69, 9.17) is 14.2 Å². The zero-order valence-electron chi connectivity index (χ0n) is 14.7. The van der Waals surface area contributed by atoms with Gasteiger partial charge in [-0.15, -0.1) is 0 Å². The minimum absolute atomic E-state index is 0.137. The van der Waals surface area contributed by atoms with Gasteiger partial charge in [-0.1, -0.05) is 12.1 Å². The van der Waals surface area contributed by atoms with Gasteiger partial charge in [0.2, 0.25) is 0 Å². The molecule has 24 heavy (non-hydrogen) atoms. The molecule has 1 spiro atoms. The Kier molecular flexibility index (Phi) is 2.62. The van der Waals surface area contributed by atoms with Crippen molar-refractivity contribution in [3.63, 3.8) is 0 Å². The monoisotopic (exact) mass is 325 g/mol. The van der Waals surface area contributed by atoms with Crippen molar-refractivity contribution >= 4 is 0 Å². The zero-order chi connectivity index (χ0) is 16.7. The first kappa shape index (κ1) is 14.4. The number of methoxy groups -OCH3 is 2. The molecule has 0 radical (unpaired) electrons. The summed E-state index contributed by atoms with van der Waals surface area (Å²) in [5.41, 5.74) is 3.56. The highest BCUT2D eigenvalue weighted by molar-refractivity contribution is 5.69. The van der Waals surface area contributed by atoms with Gasteiger partial charge in [0.1, 0.15) is 5.76 Å². The fourth-order valence-electron chi connectivity index (χ4n) is 5.56. The summed E-state index contributed by atoms with van der Waals surface area (Å²) in [5, 5.41) is 0. The molecule has 0 amide bonds. The van der Waals surface area contributed by atoms with Crippen LogP contribution < -0.4 is 9.47 Å². The van der Waals surface area contributed by atoms with Gasteiger partial charge in [0, 0.05) is 11.6 Å². The lowest BCUT2D eigenvalue weighted by atomic mass is 9.53. The van der Waals surface area contributed by atoms with Crippen LogP contribution in [0, 0.1) is 0 Å². The van der Waals surface area contributed by atoms with E-state index in [1.807, 2.05) is 6.07 Å². The maximum absolute atomic E-state index is 6.65. The molecule has 0 N–H and O–H groups in total. The predicted molar refractivity (Wildman–Crippen MR) is 91.6 cm³/mol. The van der Waals surface area contributed by atoms with Crippen LogP contribution in [0.25, 0.3) is 0 Å². The molecule has 0 saturated carbocycles. The first-order valence-corrected chi connectivity index (χ1v) is 8.63. The number of hydrogen-bond donors (Lipinski definition) is 0. The highest BCUT2D eigenvalue weighted by atomic mass is 16.6. The van der Waals surface area contributed by atoms with Gasteiger partial charge in [-0.05, 0) is 56.6 Å². The van der Waals surface area contributed by atoms with E-state index < -0.39 is 5.60 Å². The molecular formula is C20H23NO3. The average Bonchev–Trinajstić information content (AvgIpc) is 2.86. The molecule has 1 saturated heterocycles. The molecule has 5 rings (SSSR count). The van der Waals surface area contributed by atoms with E-state index in [1.165, 1.54) is 16.7 Å². The quantitative estimate of drug-likeness (QED) is 0.837. The molecule has 4 aliphatic rings. The SMILES string of the molecule is COC1=CC=C2[C@H]3Cc4ccc(OC)c5c4[C@]2(CCN3C)[C@@]1(C)O5. The minimum Gasteiger partial charge on any atom is -0.497 e. The van der Waals surface area contributed by atoms with Crippen molar-refractivity contribution in [2.45, 2.75) is 36.8 Å². The number of likely N-dealkylation sites (N-methyl/N-ethyl adjacent to an activating group) is 1. The van der Waals surface area contributed by atoms with Crippen molar-refractivity contribution in [1.29, 1.82) is 0 Å². The molecular weight excluding hydrogens is 302 g/mol. The number of benzene rings is 1. The van der Waals surface area contributed by atoms with E-state index in [9.17, 15) is 0 Å². The Hall–Kier alpha value is -1.94. The van der Waals surface area contributed by atoms with E-state index in [2.05, 4.69) is 37.1 Å². The molecule has 1 fully saturated rings. The molecule has 3 atom stereocenters. The highest BCUT2D eigenvalue weighted by Crippen LogP contribution is 2.66. The van der Waals surface area contributed by atoms with E-state index in [0.29, 0.717) is 6.04 Å². The number of ether oxygens (including phenoxy) is 3. The third-order valence-corrected chi connectivity index (χ3v) is 6.72. The molecule has 126 valence electrons. The first-order chi connectivity index (χ1) is 11.6. The summed E-state index contributed by atoms with van der Waals surface area (Å²) < 4.78 is 18.1. The summed E-state index contributed by atoms with van der Waals surface area (Å²) >= 11 is 0. The molecule has 4 heteroatoms. The van der Waals surface area contributed by atoms with E-state index in [0.717, 1.165) is 36.6 Å². The summed E-state index contributed by atoms with van der Waals surface area (Å²) in [4.78, 5) is 2.48. The van der Waals surface area contributed by atoms with E-state index >= 15 is 0 Å². The van der Waals surface area contributed by atoms with Crippen LogP contribution in [0.2, 0.25) is 0 Å². The van der Waals surface area contributed by atoms with Crippen molar-refractivity contribution in [3.8, 4) is 11.5 Å². The number of nitrogens with zero attached hydrogens (tertiary/aromatic N) is 1. The highest BCUT2D eigenvalue weighted by Gasteiger charge is 2.68. The molecule has 0 aromatic heterocycles. The first-order valence-electron chi connectivity index (χ1n) is 8.63. The maximum atomic E-state index is 6.65. The van der Waals surface area contributed by atoms with Crippen LogP contribution in [-0.4, -0.2) is 44.4 Å². The van der Waals surface area contributed by atoms with Crippen LogP contribution in [-0.2, 0) is 16.6 Å². The second-order valence-electron chi connectivity index (χ2n) is 7.48. The summed E-state index contributed by atoms with van der Waals surface area (Å²) in [6.45, 7) is 3.25. The summed E-state index contributed by atoms with van der Waals surface area (Å²) in [6, 6.07) is 4.71. The van der Waals surface area contributed by atoms with Crippen molar-refractivity contribution in [1.82, 2.24) is 4.90 Å². The Morgan fingerprint density at radius 2 is 2.04 bits per heavy atom. The minimum atomic E-state index is -0.502. The Labute approximate surface area is 142 Å². The number of hydrogen-bond acceptors (Lipinski definition) is 4. The lowest BCUT2D eigenvalue weighted by molar-refractivity contribution is 0.0000954. The van der Waals surface area contributed by atoms with Gasteiger partial charge in [-0.3, -0.25) is 4.90 Å². The van der Waals surface area contributed by atoms with Crippen molar-refractivity contribution in [2.75, 3.05) is 27.8 Å². The van der Waals surface area contributed by atoms with Gasteiger partial charge >= 0.3 is 0 Å². The Morgan fingerprint density at radius 1 is 1.21 bits per heavy atom. The van der Waals surface area contributed by atoms with Gasteiger partial charge in [0.25, 0.3) is 0 Å². The standard InChI is InChI=1S/C20H23NO3/c1-19-16(23-4)8-6-13-14-11-12-5-7-15(22-3)18(24-19)17(12)20(13,19)9-10-21(14)2/h5-8,14H,9-11H2,1-4H3/t14-,19+,20-/m1/s1. The number of piperidine rings is 1. The molecule has 4 nitrogen and oxygen atoms in total. The van der Waals surface area contributed by atoms with Gasteiger partial charge in [-0.2, -0.15) is 0 Å². The third-order valence-electron chi connectivity index (χ3n) is 6.72. The van der Waals surface area contributed by atoms with Crippen LogP contribution in [0.15, 0.2) is 35.6 Å². The normalized spacial score (nSPS) is 35.6. The van der Waals surface area contributed by atoms with Crippen LogP contribution >= 0.6 is 0 Å². The van der Waals surface area contributed by atoms with Gasteiger partial charge < -0.3 is 14.2 Å². The lowest BCUT2D eigenvalue weighted by Crippen LogP contribution is -2.63. The average molecular weight is 325 g/mol. The molecule has 2 heterocycles. The Morgan fingerprint density at radius 3 is 2.79 bits per heavy atom. The zero-order valence-corrected chi connectivity index (χ0v) is 14.7. The van der Waals surface area contributed by atoms with Crippen molar-refractivity contribution in [3.05, 3.63) is 46.7 Å². The summed E-state index contributed by atoms with van der Waals surface area (Å²) in [7, 11) is 5.69. The molecule has 0 unspecified atom stereocenters. The van der Waals surface area contributed by atoms with Gasteiger partial charge in [0.15, 0.2) is 17.1 Å². The van der Waals surface area contributed by atoms with Crippen LogP contribution in [0.3, 0.4) is 0 Å². The Bertz CT molecular complexity index is 811. The fraction of sp³-hybridized carbons (Fsp3) is 0.500. The van der Waals surface area contributed by atoms with E-state index in [-0.39, 0.29) is 5.41 Å². The lowest BCUT2D eigenvalue weighted by Gasteiger charge is -2.56. The molecule has 1 aromatic rings. The van der Waals surface area contributed by atoms with Gasteiger partial charge in [0.05, 0.1) is 19.6 Å². The number of rotatable bonds is 2. The van der Waals surface area contributed by atoms with Crippen molar-refractivity contribution in [2.24, 2.45) is 0 Å². The molecule has 2 aliphatic heterocycles. The summed E-state index contributed by atoms with van der Waals surface area (Å²) in [5.74, 6) is 2.64. The third kappa shape index (κ3) is 1.33. The molecule has 2 aliphatic carbocycles. The maximum Gasteiger partial charge on any atom is 0.176 e. The fourth-order valence-corrected chi connectivity index (χ4v) is 5.56. The number of allylic oxidation sites excluding steroid dienone is 2. The number of likely N-dealkylation sites (tertiary alicyclic amines) is 1. The van der Waals surface area contributed by atoms with E-state index in [1.54, 1.807) is 14.2 Å². The van der Waals surface area contributed by atoms with Crippen molar-refractivity contribution < 1.29 is 14.2 Å². The summed E-state index contributed by atoms with van der Waals surface area (Å²) in [6.07, 6.45) is 6.45. The second kappa shape index (κ2) is 4.37. The predicted octanol–water partition coefficient (Wildman–Crippen LogP) is 2.81. The molecule has 1 aromatic carbocycles. The topological polar surface area (TPSA) is 30.9 Å². The van der Waals surface area contributed by atoms with Gasteiger partial charge in [-0.25, -0.2) is 0 Å². The van der Waals surface area contributed by atoms with Crippen LogP contribution in [0.5, 0.6) is 11.5 Å². The van der Waals surface area contributed by atoms with Crippen LogP contribution in [0.1, 0.15) is 24.5 Å². The Balaban J connectivity index is 1.89. The largest absolute Gasteiger partial charge is 0.497 e. The van der Waals surface area contributed by atoms with Crippen LogP contribution in [0.4, 0.5) is 0 Å². The smallest absolute Gasteiger partial charge is 0.176 e.